The van der Waals surface area contributed by atoms with Gasteiger partial charge in [0.15, 0.2) is 0 Å². The Hall–Kier alpha value is 0. The summed E-state index contributed by atoms with van der Waals surface area (Å²) >= 11 is 0. The molecule has 4 spiro atoms. The van der Waals surface area contributed by atoms with Gasteiger partial charge in [0.25, 0.3) is 0 Å². The van der Waals surface area contributed by atoms with Crippen molar-refractivity contribution in [2.24, 2.45) is 69.0 Å². The Morgan fingerprint density at radius 3 is 0.750 bits per heavy atom. The molecule has 9 fully saturated rings. The molecule has 0 N–H and O–H groups in total. The van der Waals surface area contributed by atoms with Crippen molar-refractivity contribution in [3.8, 4) is 0 Å². The van der Waals surface area contributed by atoms with Crippen LogP contribution in [0.1, 0.15) is 25.7 Å². The Morgan fingerprint density at radius 2 is 0.562 bits per heavy atom. The molecule has 9 aliphatic carbocycles. The molecule has 16 heavy (non-hydrogen) atoms. The van der Waals surface area contributed by atoms with E-state index in [0.717, 1.165) is 21.7 Å². The maximum absolute atomic E-state index is 1.71. The molecule has 0 nitrogen and oxygen atoms in total. The zero-order chi connectivity index (χ0) is 9.45. The Bertz CT molecular complexity index is 433. The largest absolute Gasteiger partial charge is 0.0458 e. The normalized spacial score (nSPS) is 108. The molecule has 0 aromatic rings. The summed E-state index contributed by atoms with van der Waals surface area (Å²) < 4.78 is 0. The van der Waals surface area contributed by atoms with Gasteiger partial charge < -0.3 is 0 Å². The first-order valence-electron chi connectivity index (χ1n) is 7.91. The predicted molar refractivity (Wildman–Crippen MR) is 56.1 cm³/mol. The smallest absolute Gasteiger partial charge is 0.00995 e. The lowest BCUT2D eigenvalue weighted by atomic mass is 8.78. The number of hydrogen-bond acceptors (Lipinski definition) is 0. The van der Waals surface area contributed by atoms with Gasteiger partial charge in [0, 0.05) is 0 Å². The highest BCUT2D eigenvalue weighted by molar-refractivity contribution is 5.68. The van der Waals surface area contributed by atoms with E-state index >= 15 is 0 Å². The molecule has 9 aliphatic rings. The standard InChI is InChI=1S/C16H16/c1-5-7-2-9-11-4-12-10-3-8-6(1)13(5)14(7,9)16(11,12)15(8,10)13/h5-12H,1-4H2/t5-,6+,7+,8-,9-,10+,11+,12-,13-,14-,15+,16+. The third kappa shape index (κ3) is 0.176. The van der Waals surface area contributed by atoms with Crippen LogP contribution in [0.4, 0.5) is 0 Å². The van der Waals surface area contributed by atoms with Crippen LogP contribution in [0, 0.1) is 69.0 Å². The van der Waals surface area contributed by atoms with Crippen molar-refractivity contribution in [2.45, 2.75) is 25.7 Å². The molecule has 0 radical (unpaired) electrons. The minimum Gasteiger partial charge on any atom is -0.0458 e. The molecule has 8 atom stereocenters. The highest BCUT2D eigenvalue weighted by Gasteiger charge is 3.23. The van der Waals surface area contributed by atoms with Crippen molar-refractivity contribution in [3.63, 3.8) is 0 Å². The van der Waals surface area contributed by atoms with Crippen molar-refractivity contribution in [1.82, 2.24) is 0 Å². The fraction of sp³-hybridized carbons (Fsp3) is 1.00. The van der Waals surface area contributed by atoms with Gasteiger partial charge in [-0.2, -0.15) is 0 Å². The Labute approximate surface area is 95.2 Å². The second-order valence-electron chi connectivity index (χ2n) is 9.27. The Morgan fingerprint density at radius 1 is 0.375 bits per heavy atom. The highest BCUT2D eigenvalue weighted by atomic mass is 15.3. The first-order valence-corrected chi connectivity index (χ1v) is 7.91. The molecule has 80 valence electrons. The first kappa shape index (κ1) is 6.25. The minimum absolute atomic E-state index is 1.09. The molecule has 9 saturated carbocycles. The molecule has 0 amide bonds. The lowest BCUT2D eigenvalue weighted by Crippen LogP contribution is -3.22. The highest BCUT2D eigenvalue weighted by Crippen LogP contribution is 3.26. The molecule has 9 rings (SSSR count). The predicted octanol–water partition coefficient (Wildman–Crippen LogP) is 2.54. The van der Waals surface area contributed by atoms with Crippen molar-refractivity contribution in [2.75, 3.05) is 0 Å². The monoisotopic (exact) mass is 208 g/mol. The molecule has 0 aliphatic heterocycles. The van der Waals surface area contributed by atoms with Crippen LogP contribution in [-0.2, 0) is 0 Å². The summed E-state index contributed by atoms with van der Waals surface area (Å²) in [5.41, 5.74) is 4.37. The van der Waals surface area contributed by atoms with E-state index < -0.39 is 0 Å². The lowest BCUT2D eigenvalue weighted by Gasteiger charge is -3.25. The molecule has 0 aromatic carbocycles. The molecule has 0 aromatic heterocycles. The fourth-order valence-corrected chi connectivity index (χ4v) is 12.7. The summed E-state index contributed by atoms with van der Waals surface area (Å²) in [6, 6.07) is 0. The van der Waals surface area contributed by atoms with Gasteiger partial charge in [-0.15, -0.1) is 0 Å². The quantitative estimate of drug-likeness (QED) is 0.574. The van der Waals surface area contributed by atoms with E-state index in [0.29, 0.717) is 0 Å². The number of rotatable bonds is 0. The van der Waals surface area contributed by atoms with Crippen molar-refractivity contribution >= 4 is 0 Å². The van der Waals surface area contributed by atoms with Crippen LogP contribution in [-0.4, -0.2) is 0 Å². The van der Waals surface area contributed by atoms with Crippen LogP contribution in [0.2, 0.25) is 0 Å². The van der Waals surface area contributed by atoms with Crippen LogP contribution in [0.15, 0.2) is 0 Å². The topological polar surface area (TPSA) is 0 Å². The third-order valence-corrected chi connectivity index (χ3v) is 11.4. The second kappa shape index (κ2) is 1.09. The van der Waals surface area contributed by atoms with E-state index in [4.69, 9.17) is 0 Å². The Balaban J connectivity index is 1.51. The van der Waals surface area contributed by atoms with Crippen LogP contribution < -0.4 is 0 Å². The second-order valence-corrected chi connectivity index (χ2v) is 9.27. The zero-order valence-electron chi connectivity index (χ0n) is 9.45. The summed E-state index contributed by atoms with van der Waals surface area (Å²) in [7, 11) is 0. The van der Waals surface area contributed by atoms with Gasteiger partial charge in [0.1, 0.15) is 0 Å². The molecule has 0 bridgehead atoms. The minimum atomic E-state index is 1.09. The van der Waals surface area contributed by atoms with E-state index in [2.05, 4.69) is 0 Å². The van der Waals surface area contributed by atoms with Crippen LogP contribution in [0.25, 0.3) is 0 Å². The summed E-state index contributed by atoms with van der Waals surface area (Å²) in [5, 5.41) is 0. The van der Waals surface area contributed by atoms with Crippen molar-refractivity contribution in [1.29, 1.82) is 0 Å². The maximum Gasteiger partial charge on any atom is -0.00995 e. The van der Waals surface area contributed by atoms with Gasteiger partial charge >= 0.3 is 0 Å². The number of fused-ring (bicyclic) bond motifs is 4. The molecule has 0 heterocycles. The third-order valence-electron chi connectivity index (χ3n) is 11.4. The van der Waals surface area contributed by atoms with Crippen molar-refractivity contribution < 1.29 is 0 Å². The van der Waals surface area contributed by atoms with Gasteiger partial charge in [0.05, 0.1) is 0 Å². The average Bonchev–Trinajstić information content (AvgIpc) is 2.09. The zero-order valence-corrected chi connectivity index (χ0v) is 9.45. The van der Waals surface area contributed by atoms with E-state index in [1.165, 1.54) is 47.3 Å². The van der Waals surface area contributed by atoms with Crippen LogP contribution in [0.5, 0.6) is 0 Å². The van der Waals surface area contributed by atoms with E-state index in [1.807, 2.05) is 0 Å². The molecule has 0 heteroatoms. The summed E-state index contributed by atoms with van der Waals surface area (Å²) in [6.45, 7) is 0. The van der Waals surface area contributed by atoms with Gasteiger partial charge in [0.2, 0.25) is 0 Å². The molecular weight excluding hydrogens is 192 g/mol. The van der Waals surface area contributed by atoms with E-state index in [9.17, 15) is 0 Å². The van der Waals surface area contributed by atoms with E-state index in [1.54, 1.807) is 25.7 Å². The lowest BCUT2D eigenvalue weighted by molar-refractivity contribution is -0.796. The summed E-state index contributed by atoms with van der Waals surface area (Å²) in [5.74, 6) is 10.5. The summed E-state index contributed by atoms with van der Waals surface area (Å²) in [6.07, 6.45) is 6.85. The van der Waals surface area contributed by atoms with Crippen molar-refractivity contribution in [3.05, 3.63) is 0 Å². The van der Waals surface area contributed by atoms with Gasteiger partial charge in [-0.25, -0.2) is 0 Å². The average molecular weight is 208 g/mol. The number of hydrogen-bond donors (Lipinski definition) is 0. The molecular formula is C16H16. The molecule has 0 unspecified atom stereocenters. The molecule has 0 saturated heterocycles. The SMILES string of the molecule is C1[C@@H]2[C@@H]3C[C@@H]4[C@@H]5C[C@@H]6[C@@H]7C[C@@H]8[C@H]1[C@]21[C@]43[C@]65[C@@]871. The van der Waals surface area contributed by atoms with Gasteiger partial charge in [-0.05, 0) is 94.7 Å². The van der Waals surface area contributed by atoms with Crippen LogP contribution in [0.3, 0.4) is 0 Å². The first-order chi connectivity index (χ1) is 7.91. The fourth-order valence-electron chi connectivity index (χ4n) is 12.7. The maximum atomic E-state index is 1.71. The Kier molecular flexibility index (Phi) is 0.425. The van der Waals surface area contributed by atoms with E-state index in [-0.39, 0.29) is 0 Å². The van der Waals surface area contributed by atoms with Gasteiger partial charge in [-0.1, -0.05) is 0 Å². The van der Waals surface area contributed by atoms with Gasteiger partial charge in [-0.3, -0.25) is 0 Å². The summed E-state index contributed by atoms with van der Waals surface area (Å²) in [4.78, 5) is 0. The van der Waals surface area contributed by atoms with Crippen LogP contribution >= 0.6 is 0 Å².